The third-order valence-corrected chi connectivity index (χ3v) is 1.34. The third-order valence-electron chi connectivity index (χ3n) is 1.34. The molecule has 4 nitrogen and oxygen atoms in total. The zero-order chi connectivity index (χ0) is 6.85. The lowest BCUT2D eigenvalue weighted by Crippen LogP contribution is -2.37. The highest BCUT2D eigenvalue weighted by atomic mass is 16.2. The molecule has 0 spiro atoms. The fourth-order valence-electron chi connectivity index (χ4n) is 0.827. The fraction of sp³-hybridized carbons (Fsp3) is 0.600. The van der Waals surface area contributed by atoms with Crippen LogP contribution in [0.25, 0.3) is 0 Å². The fourth-order valence-corrected chi connectivity index (χ4v) is 0.827. The van der Waals surface area contributed by atoms with E-state index in [-0.39, 0.29) is 7.33 Å². The molecule has 1 fully saturated rings. The Bertz CT molecular complexity index is 160. The van der Waals surface area contributed by atoms with Crippen LogP contribution in [0.1, 0.15) is 14.3 Å². The van der Waals surface area contributed by atoms with Gasteiger partial charge in [0.2, 0.25) is 11.8 Å². The van der Waals surface area contributed by atoms with Gasteiger partial charge in [0.15, 0.2) is 0 Å². The van der Waals surface area contributed by atoms with Gasteiger partial charge in [0.25, 0.3) is 0 Å². The van der Waals surface area contributed by atoms with Crippen molar-refractivity contribution in [3.05, 3.63) is 0 Å². The molecule has 3 N–H and O–H groups in total. The molecule has 1 rings (SSSR count). The summed E-state index contributed by atoms with van der Waals surface area (Å²) in [5, 5.41) is 2.44. The van der Waals surface area contributed by atoms with E-state index in [0.717, 1.165) is 0 Å². The molecule has 1 atom stereocenters. The second kappa shape index (κ2) is 2.05. The van der Waals surface area contributed by atoms with E-state index >= 15 is 0 Å². The standard InChI is InChI=1S/C5H8N2O2.H2/c6-5(9)3-1-2-4(8)7-3;/h3H,1-2H2,(H2,6,9)(H,7,8);1H/t3-;/m1./s1. The summed E-state index contributed by atoms with van der Waals surface area (Å²) >= 11 is 0. The van der Waals surface area contributed by atoms with Crippen LogP contribution in [0.4, 0.5) is 0 Å². The third kappa shape index (κ3) is 1.19. The van der Waals surface area contributed by atoms with Crippen molar-refractivity contribution in [3.8, 4) is 0 Å². The highest BCUT2D eigenvalue weighted by Crippen LogP contribution is 2.04. The average molecular weight is 130 g/mol. The number of primary amides is 1. The maximum absolute atomic E-state index is 10.4. The number of nitrogens with one attached hydrogen (secondary N) is 1. The van der Waals surface area contributed by atoms with Crippen LogP contribution in [0.5, 0.6) is 0 Å². The number of carbonyl (C=O) groups excluding carboxylic acids is 2. The van der Waals surface area contributed by atoms with Crippen LogP contribution >= 0.6 is 0 Å². The van der Waals surface area contributed by atoms with E-state index in [9.17, 15) is 9.59 Å². The van der Waals surface area contributed by atoms with Gasteiger partial charge in [-0.1, -0.05) is 0 Å². The van der Waals surface area contributed by atoms with E-state index in [1.807, 2.05) is 0 Å². The van der Waals surface area contributed by atoms with Crippen molar-refractivity contribution in [1.29, 1.82) is 0 Å². The molecule has 1 aliphatic heterocycles. The molecule has 1 saturated heterocycles. The SMILES string of the molecule is NC(=O)[C@H]1CCC(=O)N1.[HH]. The lowest BCUT2D eigenvalue weighted by molar-refractivity contribution is -0.123. The molecule has 0 unspecified atom stereocenters. The first-order chi connectivity index (χ1) is 4.20. The Morgan fingerprint density at radius 1 is 1.89 bits per heavy atom. The Morgan fingerprint density at radius 3 is 2.78 bits per heavy atom. The summed E-state index contributed by atoms with van der Waals surface area (Å²) in [7, 11) is 0. The molecule has 0 radical (unpaired) electrons. The van der Waals surface area contributed by atoms with E-state index in [0.29, 0.717) is 12.8 Å². The molecule has 0 aliphatic carbocycles. The summed E-state index contributed by atoms with van der Waals surface area (Å²) in [4.78, 5) is 20.8. The van der Waals surface area contributed by atoms with Crippen molar-refractivity contribution in [3.63, 3.8) is 0 Å². The highest BCUT2D eigenvalue weighted by Gasteiger charge is 2.24. The summed E-state index contributed by atoms with van der Waals surface area (Å²) in [5.41, 5.74) is 4.91. The molecule has 1 heterocycles. The Labute approximate surface area is 53.9 Å². The molecule has 1 aliphatic rings. The van der Waals surface area contributed by atoms with Crippen LogP contribution in [-0.4, -0.2) is 17.9 Å². The molecule has 0 aromatic carbocycles. The van der Waals surface area contributed by atoms with Crippen LogP contribution in [-0.2, 0) is 9.59 Å². The van der Waals surface area contributed by atoms with Crippen molar-refractivity contribution in [2.75, 3.05) is 0 Å². The maximum atomic E-state index is 10.4. The Balaban J connectivity index is 0.000000810. The second-order valence-corrected chi connectivity index (χ2v) is 2.06. The molecular weight excluding hydrogens is 120 g/mol. The summed E-state index contributed by atoms with van der Waals surface area (Å²) in [5.74, 6) is -0.528. The van der Waals surface area contributed by atoms with Gasteiger partial charge < -0.3 is 11.1 Å². The zero-order valence-corrected chi connectivity index (χ0v) is 4.89. The van der Waals surface area contributed by atoms with Crippen LogP contribution < -0.4 is 11.1 Å². The number of nitrogens with two attached hydrogens (primary N) is 1. The number of hydrogen-bond acceptors (Lipinski definition) is 2. The molecule has 0 aromatic rings. The lowest BCUT2D eigenvalue weighted by Gasteiger charge is -2.01. The van der Waals surface area contributed by atoms with Crippen molar-refractivity contribution in [1.82, 2.24) is 5.32 Å². The maximum Gasteiger partial charge on any atom is 0.240 e. The van der Waals surface area contributed by atoms with E-state index in [1.54, 1.807) is 0 Å². The number of hydrogen-bond donors (Lipinski definition) is 2. The first kappa shape index (κ1) is 6.07. The molecule has 52 valence electrons. The minimum atomic E-state index is -0.444. The van der Waals surface area contributed by atoms with Gasteiger partial charge in [0.05, 0.1) is 0 Å². The van der Waals surface area contributed by atoms with Gasteiger partial charge in [-0.15, -0.1) is 0 Å². The zero-order valence-electron chi connectivity index (χ0n) is 4.89. The Kier molecular flexibility index (Phi) is 1.38. The Hall–Kier alpha value is -1.06. The van der Waals surface area contributed by atoms with Crippen molar-refractivity contribution >= 4 is 11.8 Å². The molecule has 9 heavy (non-hydrogen) atoms. The van der Waals surface area contributed by atoms with Gasteiger partial charge in [-0.2, -0.15) is 0 Å². The van der Waals surface area contributed by atoms with E-state index in [1.165, 1.54) is 0 Å². The highest BCUT2D eigenvalue weighted by molar-refractivity contribution is 5.89. The summed E-state index contributed by atoms with van der Waals surface area (Å²) in [6, 6.07) is -0.419. The molecular formula is C5H10N2O2. The quantitative estimate of drug-likeness (QED) is 0.477. The number of rotatable bonds is 1. The normalized spacial score (nSPS) is 25.8. The summed E-state index contributed by atoms with van der Waals surface area (Å²) in [6.45, 7) is 0. The average Bonchev–Trinajstić information content (AvgIpc) is 2.14. The van der Waals surface area contributed by atoms with Crippen LogP contribution in [0.3, 0.4) is 0 Å². The molecule has 0 aromatic heterocycles. The number of amides is 2. The van der Waals surface area contributed by atoms with E-state index in [2.05, 4.69) is 5.32 Å². The molecule has 0 bridgehead atoms. The van der Waals surface area contributed by atoms with Crippen LogP contribution in [0, 0.1) is 0 Å². The van der Waals surface area contributed by atoms with Gasteiger partial charge >= 0.3 is 0 Å². The van der Waals surface area contributed by atoms with Gasteiger partial charge in [-0.25, -0.2) is 0 Å². The minimum absolute atomic E-state index is 0. The number of carbonyl (C=O) groups is 2. The van der Waals surface area contributed by atoms with Crippen molar-refractivity contribution < 1.29 is 11.0 Å². The second-order valence-electron chi connectivity index (χ2n) is 2.06. The largest absolute Gasteiger partial charge is 0.368 e. The van der Waals surface area contributed by atoms with Gasteiger partial charge in [0, 0.05) is 7.85 Å². The molecule has 4 heteroatoms. The monoisotopic (exact) mass is 130 g/mol. The minimum Gasteiger partial charge on any atom is -0.368 e. The molecule has 2 amide bonds. The molecule has 0 saturated carbocycles. The van der Waals surface area contributed by atoms with Gasteiger partial charge in [-0.05, 0) is 6.42 Å². The smallest absolute Gasteiger partial charge is 0.240 e. The summed E-state index contributed by atoms with van der Waals surface area (Å²) in [6.07, 6.45) is 0.974. The van der Waals surface area contributed by atoms with Crippen LogP contribution in [0.15, 0.2) is 0 Å². The Morgan fingerprint density at radius 2 is 2.56 bits per heavy atom. The first-order valence-electron chi connectivity index (χ1n) is 2.79. The lowest BCUT2D eigenvalue weighted by atomic mass is 10.2. The predicted molar refractivity (Wildman–Crippen MR) is 32.5 cm³/mol. The topological polar surface area (TPSA) is 72.2 Å². The first-order valence-corrected chi connectivity index (χ1v) is 2.79. The van der Waals surface area contributed by atoms with Crippen molar-refractivity contribution in [2.24, 2.45) is 5.73 Å². The summed E-state index contributed by atoms with van der Waals surface area (Å²) < 4.78 is 0. The van der Waals surface area contributed by atoms with Gasteiger partial charge in [-0.3, -0.25) is 9.59 Å². The van der Waals surface area contributed by atoms with Crippen molar-refractivity contribution in [2.45, 2.75) is 18.9 Å². The van der Waals surface area contributed by atoms with E-state index in [4.69, 9.17) is 5.73 Å². The predicted octanol–water partition coefficient (Wildman–Crippen LogP) is -1.00. The van der Waals surface area contributed by atoms with E-state index < -0.39 is 11.9 Å². The van der Waals surface area contributed by atoms with Gasteiger partial charge in [0.1, 0.15) is 6.04 Å². The van der Waals surface area contributed by atoms with Crippen LogP contribution in [0.2, 0.25) is 0 Å².